The molecule has 1 aliphatic heterocycles. The highest BCUT2D eigenvalue weighted by Crippen LogP contribution is 2.19. The molecule has 0 saturated carbocycles. The molecular weight excluding hydrogens is 344 g/mol. The summed E-state index contributed by atoms with van der Waals surface area (Å²) >= 11 is 0. The van der Waals surface area contributed by atoms with Crippen LogP contribution in [0.3, 0.4) is 0 Å². The predicted molar refractivity (Wildman–Crippen MR) is 108 cm³/mol. The van der Waals surface area contributed by atoms with Crippen molar-refractivity contribution < 1.29 is 5.11 Å². The SMILES string of the molecule is CCN(CC)c1nc(NCCO)nc(N2CCN(c3ccccn3)CC2)n1. The Balaban J connectivity index is 1.76. The van der Waals surface area contributed by atoms with Gasteiger partial charge in [0.15, 0.2) is 0 Å². The summed E-state index contributed by atoms with van der Waals surface area (Å²) in [7, 11) is 0. The van der Waals surface area contributed by atoms with Gasteiger partial charge < -0.3 is 25.1 Å². The van der Waals surface area contributed by atoms with Crippen molar-refractivity contribution in [2.45, 2.75) is 13.8 Å². The van der Waals surface area contributed by atoms with Gasteiger partial charge in [0, 0.05) is 52.0 Å². The summed E-state index contributed by atoms with van der Waals surface area (Å²) < 4.78 is 0. The van der Waals surface area contributed by atoms with Crippen LogP contribution in [0.25, 0.3) is 0 Å². The summed E-state index contributed by atoms with van der Waals surface area (Å²) in [6.45, 7) is 9.62. The van der Waals surface area contributed by atoms with Crippen LogP contribution in [0, 0.1) is 0 Å². The maximum atomic E-state index is 9.09. The molecule has 0 atom stereocenters. The lowest BCUT2D eigenvalue weighted by molar-refractivity contribution is 0.311. The molecule has 1 fully saturated rings. The number of aliphatic hydroxyl groups is 1. The first kappa shape index (κ1) is 19.1. The van der Waals surface area contributed by atoms with Gasteiger partial charge in [-0.1, -0.05) is 6.07 Å². The minimum absolute atomic E-state index is 0.0321. The number of nitrogens with one attached hydrogen (secondary N) is 1. The standard InChI is InChI=1S/C18H28N8O/c1-3-24(4-2)17-21-16(20-9-14-27)22-18(23-17)26-12-10-25(11-13-26)15-7-5-6-8-19-15/h5-8,27H,3-4,9-14H2,1-2H3,(H,20,21,22,23). The Labute approximate surface area is 160 Å². The molecule has 0 unspecified atom stereocenters. The third-order valence-corrected chi connectivity index (χ3v) is 4.59. The number of nitrogens with zero attached hydrogens (tertiary/aromatic N) is 7. The van der Waals surface area contributed by atoms with E-state index in [-0.39, 0.29) is 6.61 Å². The number of aliphatic hydroxyl groups excluding tert-OH is 1. The lowest BCUT2D eigenvalue weighted by Crippen LogP contribution is -2.47. The zero-order valence-electron chi connectivity index (χ0n) is 16.0. The molecule has 2 aromatic rings. The van der Waals surface area contributed by atoms with Gasteiger partial charge in [-0.25, -0.2) is 4.98 Å². The Kier molecular flexibility index (Phi) is 6.59. The smallest absolute Gasteiger partial charge is 0.232 e. The average Bonchev–Trinajstić information content (AvgIpc) is 2.74. The largest absolute Gasteiger partial charge is 0.395 e. The molecule has 1 saturated heterocycles. The van der Waals surface area contributed by atoms with E-state index >= 15 is 0 Å². The zero-order valence-corrected chi connectivity index (χ0v) is 16.0. The zero-order chi connectivity index (χ0) is 19.1. The van der Waals surface area contributed by atoms with E-state index in [1.165, 1.54) is 0 Å². The van der Waals surface area contributed by atoms with Crippen molar-refractivity contribution in [2.75, 3.05) is 72.4 Å². The van der Waals surface area contributed by atoms with Crippen LogP contribution in [0.5, 0.6) is 0 Å². The van der Waals surface area contributed by atoms with Gasteiger partial charge in [-0.15, -0.1) is 0 Å². The minimum Gasteiger partial charge on any atom is -0.395 e. The van der Waals surface area contributed by atoms with Gasteiger partial charge in [0.1, 0.15) is 5.82 Å². The van der Waals surface area contributed by atoms with Crippen molar-refractivity contribution in [3.63, 3.8) is 0 Å². The molecule has 9 nitrogen and oxygen atoms in total. The van der Waals surface area contributed by atoms with Gasteiger partial charge >= 0.3 is 0 Å². The molecule has 3 heterocycles. The normalized spacial score (nSPS) is 14.3. The number of hydrogen-bond donors (Lipinski definition) is 2. The maximum Gasteiger partial charge on any atom is 0.232 e. The minimum atomic E-state index is 0.0321. The first-order chi connectivity index (χ1) is 13.2. The number of pyridine rings is 1. The van der Waals surface area contributed by atoms with E-state index < -0.39 is 0 Å². The van der Waals surface area contributed by atoms with Crippen molar-refractivity contribution >= 4 is 23.7 Å². The molecule has 0 aromatic carbocycles. The van der Waals surface area contributed by atoms with Crippen LogP contribution >= 0.6 is 0 Å². The van der Waals surface area contributed by atoms with Crippen molar-refractivity contribution in [1.29, 1.82) is 0 Å². The van der Waals surface area contributed by atoms with Gasteiger partial charge in [0.25, 0.3) is 0 Å². The van der Waals surface area contributed by atoms with Crippen LogP contribution in [-0.2, 0) is 0 Å². The molecule has 1 aliphatic rings. The predicted octanol–water partition coefficient (Wildman–Crippen LogP) is 0.844. The summed E-state index contributed by atoms with van der Waals surface area (Å²) in [4.78, 5) is 24.7. The Morgan fingerprint density at radius 3 is 2.41 bits per heavy atom. The third-order valence-electron chi connectivity index (χ3n) is 4.59. The van der Waals surface area contributed by atoms with Gasteiger partial charge in [-0.05, 0) is 26.0 Å². The molecule has 2 aromatic heterocycles. The molecule has 0 radical (unpaired) electrons. The van der Waals surface area contributed by atoms with E-state index in [2.05, 4.69) is 48.8 Å². The van der Waals surface area contributed by atoms with Crippen molar-refractivity contribution in [3.05, 3.63) is 24.4 Å². The molecule has 0 amide bonds. The number of piperazine rings is 1. The number of aromatic nitrogens is 4. The Morgan fingerprint density at radius 1 is 1.04 bits per heavy atom. The van der Waals surface area contributed by atoms with Crippen molar-refractivity contribution in [2.24, 2.45) is 0 Å². The molecule has 0 bridgehead atoms. The maximum absolute atomic E-state index is 9.09. The fourth-order valence-electron chi connectivity index (χ4n) is 3.07. The lowest BCUT2D eigenvalue weighted by atomic mass is 10.3. The molecule has 146 valence electrons. The van der Waals surface area contributed by atoms with E-state index in [0.717, 1.165) is 45.1 Å². The van der Waals surface area contributed by atoms with Gasteiger partial charge in [-0.3, -0.25) is 0 Å². The number of anilines is 4. The van der Waals surface area contributed by atoms with Crippen LogP contribution in [0.1, 0.15) is 13.8 Å². The Hall–Kier alpha value is -2.68. The van der Waals surface area contributed by atoms with Crippen LogP contribution in [0.15, 0.2) is 24.4 Å². The van der Waals surface area contributed by atoms with E-state index in [1.54, 1.807) is 0 Å². The summed E-state index contributed by atoms with van der Waals surface area (Å²) in [5.41, 5.74) is 0. The van der Waals surface area contributed by atoms with E-state index in [9.17, 15) is 0 Å². The van der Waals surface area contributed by atoms with Crippen LogP contribution in [0.4, 0.5) is 23.7 Å². The Morgan fingerprint density at radius 2 is 1.78 bits per heavy atom. The van der Waals surface area contributed by atoms with Crippen LogP contribution in [-0.4, -0.2) is 77.5 Å². The summed E-state index contributed by atoms with van der Waals surface area (Å²) in [5, 5.41) is 12.2. The van der Waals surface area contributed by atoms with E-state index in [1.807, 2.05) is 24.4 Å². The first-order valence-electron chi connectivity index (χ1n) is 9.51. The first-order valence-corrected chi connectivity index (χ1v) is 9.51. The quantitative estimate of drug-likeness (QED) is 0.699. The van der Waals surface area contributed by atoms with Gasteiger partial charge in [0.2, 0.25) is 17.8 Å². The monoisotopic (exact) mass is 372 g/mol. The molecule has 27 heavy (non-hydrogen) atoms. The average molecular weight is 372 g/mol. The lowest BCUT2D eigenvalue weighted by Gasteiger charge is -2.35. The Bertz CT molecular complexity index is 702. The third kappa shape index (κ3) is 4.73. The van der Waals surface area contributed by atoms with E-state index in [0.29, 0.717) is 24.4 Å². The van der Waals surface area contributed by atoms with E-state index in [4.69, 9.17) is 10.1 Å². The summed E-state index contributed by atoms with van der Waals surface area (Å²) in [6.07, 6.45) is 1.82. The fourth-order valence-corrected chi connectivity index (χ4v) is 3.07. The molecule has 9 heteroatoms. The van der Waals surface area contributed by atoms with Gasteiger partial charge in [0.05, 0.1) is 6.61 Å². The number of hydrogen-bond acceptors (Lipinski definition) is 9. The fraction of sp³-hybridized carbons (Fsp3) is 0.556. The second kappa shape index (κ2) is 9.31. The topological polar surface area (TPSA) is 93.5 Å². The van der Waals surface area contributed by atoms with Crippen molar-refractivity contribution in [1.82, 2.24) is 19.9 Å². The van der Waals surface area contributed by atoms with Crippen LogP contribution < -0.4 is 20.0 Å². The molecule has 2 N–H and O–H groups in total. The highest BCUT2D eigenvalue weighted by molar-refractivity contribution is 5.47. The van der Waals surface area contributed by atoms with Crippen LogP contribution in [0.2, 0.25) is 0 Å². The molecule has 0 spiro atoms. The molecular formula is C18H28N8O. The highest BCUT2D eigenvalue weighted by atomic mass is 16.3. The summed E-state index contributed by atoms with van der Waals surface area (Å²) in [6, 6.07) is 5.98. The van der Waals surface area contributed by atoms with Crippen molar-refractivity contribution in [3.8, 4) is 0 Å². The second-order valence-corrected chi connectivity index (χ2v) is 6.24. The second-order valence-electron chi connectivity index (χ2n) is 6.24. The number of rotatable bonds is 8. The highest BCUT2D eigenvalue weighted by Gasteiger charge is 2.22. The van der Waals surface area contributed by atoms with Gasteiger partial charge in [-0.2, -0.15) is 15.0 Å². The molecule has 0 aliphatic carbocycles. The molecule has 3 rings (SSSR count). The summed E-state index contributed by atoms with van der Waals surface area (Å²) in [5.74, 6) is 2.84.